The number of benzene rings is 1. The summed E-state index contributed by atoms with van der Waals surface area (Å²) in [6.45, 7) is 1.01. The van der Waals surface area contributed by atoms with E-state index in [4.69, 9.17) is 0 Å². The topological polar surface area (TPSA) is 41.1 Å². The average molecular weight is 309 g/mol. The molecule has 1 heterocycles. The SMILES string of the molecule is Cl.O=C(CCC1CCCCC1)Nc1ccc2c(c1)CCN2. The highest BCUT2D eigenvalue weighted by Gasteiger charge is 2.15. The molecular weight excluding hydrogens is 284 g/mol. The van der Waals surface area contributed by atoms with Gasteiger partial charge in [0.2, 0.25) is 5.91 Å². The van der Waals surface area contributed by atoms with Crippen molar-refractivity contribution in [1.82, 2.24) is 0 Å². The van der Waals surface area contributed by atoms with E-state index in [0.29, 0.717) is 6.42 Å². The Balaban J connectivity index is 0.00000161. The zero-order chi connectivity index (χ0) is 13.8. The molecule has 1 saturated carbocycles. The monoisotopic (exact) mass is 308 g/mol. The second kappa shape index (κ2) is 7.69. The highest BCUT2D eigenvalue weighted by molar-refractivity contribution is 5.91. The number of hydrogen-bond donors (Lipinski definition) is 2. The van der Waals surface area contributed by atoms with Crippen LogP contribution in [-0.4, -0.2) is 12.5 Å². The minimum Gasteiger partial charge on any atom is -0.384 e. The molecule has 21 heavy (non-hydrogen) atoms. The Bertz CT molecular complexity index is 484. The summed E-state index contributed by atoms with van der Waals surface area (Å²) in [6, 6.07) is 6.17. The van der Waals surface area contributed by atoms with Gasteiger partial charge < -0.3 is 10.6 Å². The van der Waals surface area contributed by atoms with Crippen LogP contribution in [0.3, 0.4) is 0 Å². The molecule has 0 saturated heterocycles. The van der Waals surface area contributed by atoms with Crippen molar-refractivity contribution in [1.29, 1.82) is 0 Å². The number of hydrogen-bond acceptors (Lipinski definition) is 2. The summed E-state index contributed by atoms with van der Waals surface area (Å²) in [5.41, 5.74) is 3.47. The molecule has 2 N–H and O–H groups in total. The predicted octanol–water partition coefficient (Wildman–Crippen LogP) is 4.38. The first-order valence-electron chi connectivity index (χ1n) is 7.98. The standard InChI is InChI=1S/C17H24N2O.ClH/c20-17(9-6-13-4-2-1-3-5-13)19-15-7-8-16-14(12-15)10-11-18-16;/h7-8,12-13,18H,1-6,9-11H2,(H,19,20);1H. The molecule has 0 aromatic heterocycles. The van der Waals surface area contributed by atoms with Crippen LogP contribution in [0, 0.1) is 5.92 Å². The number of rotatable bonds is 4. The van der Waals surface area contributed by atoms with E-state index in [-0.39, 0.29) is 18.3 Å². The van der Waals surface area contributed by atoms with Gasteiger partial charge in [-0.15, -0.1) is 12.4 Å². The van der Waals surface area contributed by atoms with Gasteiger partial charge in [-0.1, -0.05) is 32.1 Å². The lowest BCUT2D eigenvalue weighted by Crippen LogP contribution is -2.14. The third-order valence-electron chi connectivity index (χ3n) is 4.60. The smallest absolute Gasteiger partial charge is 0.224 e. The van der Waals surface area contributed by atoms with E-state index >= 15 is 0 Å². The first-order valence-corrected chi connectivity index (χ1v) is 7.98. The number of fused-ring (bicyclic) bond motifs is 1. The molecule has 4 heteroatoms. The van der Waals surface area contributed by atoms with Gasteiger partial charge in [0.1, 0.15) is 0 Å². The fourth-order valence-electron chi connectivity index (χ4n) is 3.42. The van der Waals surface area contributed by atoms with E-state index in [2.05, 4.69) is 22.8 Å². The molecule has 3 nitrogen and oxygen atoms in total. The summed E-state index contributed by atoms with van der Waals surface area (Å²) >= 11 is 0. The van der Waals surface area contributed by atoms with Crippen molar-refractivity contribution in [3.05, 3.63) is 23.8 Å². The van der Waals surface area contributed by atoms with Crippen LogP contribution in [0.5, 0.6) is 0 Å². The highest BCUT2D eigenvalue weighted by atomic mass is 35.5. The first-order chi connectivity index (χ1) is 9.81. The average Bonchev–Trinajstić information content (AvgIpc) is 2.94. The fraction of sp³-hybridized carbons (Fsp3) is 0.588. The maximum atomic E-state index is 12.0. The van der Waals surface area contributed by atoms with Crippen LogP contribution in [0.2, 0.25) is 0 Å². The van der Waals surface area contributed by atoms with Crippen LogP contribution in [-0.2, 0) is 11.2 Å². The summed E-state index contributed by atoms with van der Waals surface area (Å²) < 4.78 is 0. The lowest BCUT2D eigenvalue weighted by molar-refractivity contribution is -0.116. The molecule has 116 valence electrons. The number of carbonyl (C=O) groups is 1. The van der Waals surface area contributed by atoms with Gasteiger partial charge in [-0.25, -0.2) is 0 Å². The number of anilines is 2. The van der Waals surface area contributed by atoms with Gasteiger partial charge in [-0.2, -0.15) is 0 Å². The molecule has 2 aliphatic rings. The number of nitrogens with one attached hydrogen (secondary N) is 2. The van der Waals surface area contributed by atoms with Crippen LogP contribution in [0.15, 0.2) is 18.2 Å². The van der Waals surface area contributed by atoms with Gasteiger partial charge in [-0.3, -0.25) is 4.79 Å². The summed E-state index contributed by atoms with van der Waals surface area (Å²) in [7, 11) is 0. The van der Waals surface area contributed by atoms with Gasteiger partial charge in [0, 0.05) is 24.3 Å². The first kappa shape index (κ1) is 16.2. The molecule has 1 fully saturated rings. The Morgan fingerprint density at radius 1 is 1.24 bits per heavy atom. The van der Waals surface area contributed by atoms with E-state index in [1.807, 2.05) is 6.07 Å². The van der Waals surface area contributed by atoms with Crippen LogP contribution in [0.4, 0.5) is 11.4 Å². The zero-order valence-electron chi connectivity index (χ0n) is 12.5. The van der Waals surface area contributed by atoms with Crippen molar-refractivity contribution in [2.24, 2.45) is 5.92 Å². The van der Waals surface area contributed by atoms with E-state index in [0.717, 1.165) is 31.0 Å². The summed E-state index contributed by atoms with van der Waals surface area (Å²) in [5.74, 6) is 0.945. The van der Waals surface area contributed by atoms with Crippen LogP contribution >= 0.6 is 12.4 Å². The van der Waals surface area contributed by atoms with Crippen LogP contribution in [0.25, 0.3) is 0 Å². The maximum absolute atomic E-state index is 12.0. The molecule has 0 spiro atoms. The second-order valence-electron chi connectivity index (χ2n) is 6.14. The largest absolute Gasteiger partial charge is 0.384 e. The normalized spacial score (nSPS) is 17.5. The Kier molecular flexibility index (Phi) is 5.92. The molecule has 1 aromatic rings. The fourth-order valence-corrected chi connectivity index (χ4v) is 3.42. The molecule has 1 aliphatic carbocycles. The van der Waals surface area contributed by atoms with Crippen molar-refractivity contribution in [2.75, 3.05) is 17.2 Å². The van der Waals surface area contributed by atoms with Gasteiger partial charge >= 0.3 is 0 Å². The second-order valence-corrected chi connectivity index (χ2v) is 6.14. The summed E-state index contributed by atoms with van der Waals surface area (Å²) in [5, 5.41) is 6.38. The Hall–Kier alpha value is -1.22. The quantitative estimate of drug-likeness (QED) is 0.867. The van der Waals surface area contributed by atoms with Crippen LogP contribution in [0.1, 0.15) is 50.5 Å². The lowest BCUT2D eigenvalue weighted by atomic mass is 9.86. The minimum absolute atomic E-state index is 0. The van der Waals surface area contributed by atoms with E-state index < -0.39 is 0 Å². The van der Waals surface area contributed by atoms with Gasteiger partial charge in [-0.05, 0) is 42.5 Å². The molecule has 0 unspecified atom stereocenters. The van der Waals surface area contributed by atoms with E-state index in [1.54, 1.807) is 0 Å². The van der Waals surface area contributed by atoms with E-state index in [1.165, 1.54) is 43.4 Å². The molecule has 0 radical (unpaired) electrons. The van der Waals surface area contributed by atoms with Crippen molar-refractivity contribution in [2.45, 2.75) is 51.4 Å². The van der Waals surface area contributed by atoms with Crippen LogP contribution < -0.4 is 10.6 Å². The number of halogens is 1. The number of amides is 1. The van der Waals surface area contributed by atoms with Gasteiger partial charge in [0.15, 0.2) is 0 Å². The predicted molar refractivity (Wildman–Crippen MR) is 90.3 cm³/mol. The Morgan fingerprint density at radius 3 is 2.86 bits per heavy atom. The lowest BCUT2D eigenvalue weighted by Gasteiger charge is -2.21. The third-order valence-corrected chi connectivity index (χ3v) is 4.60. The molecular formula is C17H25ClN2O. The molecule has 1 aliphatic heterocycles. The Labute approximate surface area is 133 Å². The highest BCUT2D eigenvalue weighted by Crippen LogP contribution is 2.28. The van der Waals surface area contributed by atoms with Crippen molar-refractivity contribution < 1.29 is 4.79 Å². The van der Waals surface area contributed by atoms with E-state index in [9.17, 15) is 4.79 Å². The molecule has 1 aromatic carbocycles. The number of carbonyl (C=O) groups excluding carboxylic acids is 1. The molecule has 3 rings (SSSR count). The van der Waals surface area contributed by atoms with Crippen molar-refractivity contribution >= 4 is 29.7 Å². The van der Waals surface area contributed by atoms with Gasteiger partial charge in [0.05, 0.1) is 0 Å². The van der Waals surface area contributed by atoms with Crippen molar-refractivity contribution in [3.8, 4) is 0 Å². The molecule has 1 amide bonds. The summed E-state index contributed by atoms with van der Waals surface area (Å²) in [4.78, 5) is 12.0. The maximum Gasteiger partial charge on any atom is 0.224 e. The van der Waals surface area contributed by atoms with Crippen molar-refractivity contribution in [3.63, 3.8) is 0 Å². The minimum atomic E-state index is 0. The zero-order valence-corrected chi connectivity index (χ0v) is 13.3. The molecule has 0 atom stereocenters. The summed E-state index contributed by atoms with van der Waals surface area (Å²) in [6.07, 6.45) is 9.50. The van der Waals surface area contributed by atoms with Gasteiger partial charge in [0.25, 0.3) is 0 Å². The Morgan fingerprint density at radius 2 is 2.05 bits per heavy atom. The molecule has 0 bridgehead atoms. The third kappa shape index (κ3) is 4.37.